The Balaban J connectivity index is 2.50. The summed E-state index contributed by atoms with van der Waals surface area (Å²) in [5.41, 5.74) is 1.16. The van der Waals surface area contributed by atoms with Gasteiger partial charge in [-0.05, 0) is 22.4 Å². The summed E-state index contributed by atoms with van der Waals surface area (Å²) in [5, 5.41) is 3.16. The standard InChI is InChI=1S/C9H12BrN3/c1-3-7(2)5-11-9-4-8(10)12-6-13-9/h4,6H,2-3,5H2,1H3,(H,11,12,13). The molecule has 0 aliphatic heterocycles. The number of nitrogens with one attached hydrogen (secondary N) is 1. The second kappa shape index (κ2) is 4.97. The average molecular weight is 242 g/mol. The fraction of sp³-hybridized carbons (Fsp3) is 0.333. The van der Waals surface area contributed by atoms with Gasteiger partial charge in [0.2, 0.25) is 0 Å². The molecule has 0 spiro atoms. The molecule has 0 bridgehead atoms. The van der Waals surface area contributed by atoms with Crippen LogP contribution in [0.15, 0.2) is 29.1 Å². The fourth-order valence-corrected chi connectivity index (χ4v) is 1.08. The van der Waals surface area contributed by atoms with E-state index in [1.54, 1.807) is 0 Å². The van der Waals surface area contributed by atoms with E-state index in [1.165, 1.54) is 6.33 Å². The predicted molar refractivity (Wildman–Crippen MR) is 57.7 cm³/mol. The van der Waals surface area contributed by atoms with E-state index in [0.29, 0.717) is 0 Å². The Morgan fingerprint density at radius 3 is 3.00 bits per heavy atom. The molecule has 1 N–H and O–H groups in total. The van der Waals surface area contributed by atoms with Crippen LogP contribution in [-0.2, 0) is 0 Å². The molecule has 13 heavy (non-hydrogen) atoms. The zero-order valence-electron chi connectivity index (χ0n) is 7.55. The summed E-state index contributed by atoms with van der Waals surface area (Å²) < 4.78 is 0.784. The molecule has 1 aromatic heterocycles. The van der Waals surface area contributed by atoms with E-state index in [1.807, 2.05) is 6.07 Å². The zero-order valence-corrected chi connectivity index (χ0v) is 9.13. The maximum Gasteiger partial charge on any atom is 0.130 e. The summed E-state index contributed by atoms with van der Waals surface area (Å²) in [7, 11) is 0. The second-order valence-electron chi connectivity index (χ2n) is 2.68. The molecular formula is C9H12BrN3. The van der Waals surface area contributed by atoms with Crippen LogP contribution in [0.1, 0.15) is 13.3 Å². The molecule has 4 heteroatoms. The van der Waals surface area contributed by atoms with Crippen LogP contribution in [-0.4, -0.2) is 16.5 Å². The maximum absolute atomic E-state index is 4.05. The normalized spacial score (nSPS) is 9.69. The van der Waals surface area contributed by atoms with Crippen LogP contribution >= 0.6 is 15.9 Å². The van der Waals surface area contributed by atoms with Crippen molar-refractivity contribution < 1.29 is 0 Å². The Kier molecular flexibility index (Phi) is 3.89. The fourth-order valence-electron chi connectivity index (χ4n) is 0.771. The molecule has 1 aromatic rings. The molecule has 0 saturated carbocycles. The van der Waals surface area contributed by atoms with Crippen LogP contribution in [0.25, 0.3) is 0 Å². The number of halogens is 1. The summed E-state index contributed by atoms with van der Waals surface area (Å²) >= 11 is 3.27. The van der Waals surface area contributed by atoms with Crippen molar-refractivity contribution in [3.8, 4) is 0 Å². The molecule has 0 aliphatic carbocycles. The lowest BCUT2D eigenvalue weighted by Gasteiger charge is -2.05. The lowest BCUT2D eigenvalue weighted by Crippen LogP contribution is -2.04. The summed E-state index contributed by atoms with van der Waals surface area (Å²) in [6.07, 6.45) is 2.50. The SMILES string of the molecule is C=C(CC)CNc1cc(Br)ncn1. The molecule has 0 saturated heterocycles. The third kappa shape index (κ3) is 3.55. The van der Waals surface area contributed by atoms with Crippen LogP contribution in [0.5, 0.6) is 0 Å². The molecule has 0 aliphatic rings. The Hall–Kier alpha value is -0.900. The molecule has 70 valence electrons. The van der Waals surface area contributed by atoms with Crippen LogP contribution in [0.4, 0.5) is 5.82 Å². The van der Waals surface area contributed by atoms with Crippen molar-refractivity contribution in [2.45, 2.75) is 13.3 Å². The van der Waals surface area contributed by atoms with Crippen molar-refractivity contribution in [2.24, 2.45) is 0 Å². The van der Waals surface area contributed by atoms with Gasteiger partial charge in [-0.25, -0.2) is 9.97 Å². The molecule has 0 amide bonds. The first-order valence-electron chi connectivity index (χ1n) is 4.10. The number of hydrogen-bond donors (Lipinski definition) is 1. The van der Waals surface area contributed by atoms with Gasteiger partial charge >= 0.3 is 0 Å². The summed E-state index contributed by atoms with van der Waals surface area (Å²) in [4.78, 5) is 7.98. The van der Waals surface area contributed by atoms with Gasteiger partial charge in [0.1, 0.15) is 16.7 Å². The van der Waals surface area contributed by atoms with E-state index >= 15 is 0 Å². The summed E-state index contributed by atoms with van der Waals surface area (Å²) in [6.45, 7) is 6.74. The van der Waals surface area contributed by atoms with Crippen molar-refractivity contribution in [2.75, 3.05) is 11.9 Å². The quantitative estimate of drug-likeness (QED) is 0.651. The van der Waals surface area contributed by atoms with Crippen molar-refractivity contribution in [1.82, 2.24) is 9.97 Å². The maximum atomic E-state index is 4.05. The highest BCUT2D eigenvalue weighted by Crippen LogP contribution is 2.09. The minimum absolute atomic E-state index is 0.764. The highest BCUT2D eigenvalue weighted by molar-refractivity contribution is 9.10. The highest BCUT2D eigenvalue weighted by atomic mass is 79.9. The van der Waals surface area contributed by atoms with Gasteiger partial charge in [0.25, 0.3) is 0 Å². The van der Waals surface area contributed by atoms with E-state index < -0.39 is 0 Å². The number of hydrogen-bond acceptors (Lipinski definition) is 3. The Labute approximate surface area is 86.4 Å². The van der Waals surface area contributed by atoms with Crippen molar-refractivity contribution in [1.29, 1.82) is 0 Å². The number of rotatable bonds is 4. The monoisotopic (exact) mass is 241 g/mol. The smallest absolute Gasteiger partial charge is 0.130 e. The third-order valence-corrected chi connectivity index (χ3v) is 2.09. The van der Waals surface area contributed by atoms with E-state index in [4.69, 9.17) is 0 Å². The largest absolute Gasteiger partial charge is 0.366 e. The van der Waals surface area contributed by atoms with Gasteiger partial charge in [-0.2, -0.15) is 0 Å². The van der Waals surface area contributed by atoms with Crippen LogP contribution in [0.2, 0.25) is 0 Å². The lowest BCUT2D eigenvalue weighted by atomic mass is 10.2. The van der Waals surface area contributed by atoms with E-state index in [9.17, 15) is 0 Å². The molecule has 0 radical (unpaired) electrons. The molecule has 0 aromatic carbocycles. The molecular weight excluding hydrogens is 230 g/mol. The van der Waals surface area contributed by atoms with E-state index in [-0.39, 0.29) is 0 Å². The summed E-state index contributed by atoms with van der Waals surface area (Å²) in [6, 6.07) is 1.84. The minimum atomic E-state index is 0.764. The van der Waals surface area contributed by atoms with Gasteiger partial charge in [0.05, 0.1) is 0 Å². The molecule has 3 nitrogen and oxygen atoms in total. The van der Waals surface area contributed by atoms with E-state index in [2.05, 4.69) is 44.7 Å². The van der Waals surface area contributed by atoms with Gasteiger partial charge < -0.3 is 5.32 Å². The van der Waals surface area contributed by atoms with Gasteiger partial charge in [0.15, 0.2) is 0 Å². The van der Waals surface area contributed by atoms with Crippen LogP contribution < -0.4 is 5.32 Å². The molecule has 0 fully saturated rings. The highest BCUT2D eigenvalue weighted by Gasteiger charge is 1.95. The van der Waals surface area contributed by atoms with Crippen LogP contribution in [0, 0.1) is 0 Å². The van der Waals surface area contributed by atoms with Gasteiger partial charge in [0, 0.05) is 12.6 Å². The van der Waals surface area contributed by atoms with Gasteiger partial charge in [-0.3, -0.25) is 0 Å². The van der Waals surface area contributed by atoms with Crippen LogP contribution in [0.3, 0.4) is 0 Å². The molecule has 0 unspecified atom stereocenters. The zero-order chi connectivity index (χ0) is 9.68. The third-order valence-electron chi connectivity index (χ3n) is 1.65. The molecule has 0 atom stereocenters. The predicted octanol–water partition coefficient (Wildman–Crippen LogP) is 2.62. The first-order valence-corrected chi connectivity index (χ1v) is 4.89. The van der Waals surface area contributed by atoms with Crippen molar-refractivity contribution >= 4 is 21.7 Å². The Bertz CT molecular complexity index is 299. The van der Waals surface area contributed by atoms with Gasteiger partial charge in [-0.1, -0.05) is 19.1 Å². The Morgan fingerprint density at radius 2 is 2.38 bits per heavy atom. The Morgan fingerprint density at radius 1 is 1.62 bits per heavy atom. The average Bonchev–Trinajstić information content (AvgIpc) is 2.14. The number of nitrogens with zero attached hydrogens (tertiary/aromatic N) is 2. The first kappa shape index (κ1) is 10.2. The van der Waals surface area contributed by atoms with Gasteiger partial charge in [-0.15, -0.1) is 0 Å². The first-order chi connectivity index (χ1) is 6.22. The molecule has 1 rings (SSSR count). The number of anilines is 1. The second-order valence-corrected chi connectivity index (χ2v) is 3.50. The topological polar surface area (TPSA) is 37.8 Å². The minimum Gasteiger partial charge on any atom is -0.366 e. The number of aromatic nitrogens is 2. The van der Waals surface area contributed by atoms with Crippen molar-refractivity contribution in [3.05, 3.63) is 29.1 Å². The van der Waals surface area contributed by atoms with E-state index in [0.717, 1.165) is 29.0 Å². The lowest BCUT2D eigenvalue weighted by molar-refractivity contribution is 1.03. The molecule has 1 heterocycles. The summed E-state index contributed by atoms with van der Waals surface area (Å²) in [5.74, 6) is 0.816. The van der Waals surface area contributed by atoms with Crippen molar-refractivity contribution in [3.63, 3.8) is 0 Å².